The summed E-state index contributed by atoms with van der Waals surface area (Å²) in [5.41, 5.74) is -0.916. The molecule has 7 nitrogen and oxygen atoms in total. The monoisotopic (exact) mass is 294 g/mol. The summed E-state index contributed by atoms with van der Waals surface area (Å²) < 4.78 is 5.30. The molecule has 1 aliphatic heterocycles. The molecular formula is C14H18N2O5. The average molecular weight is 294 g/mol. The minimum absolute atomic E-state index is 0.0121. The lowest BCUT2D eigenvalue weighted by Gasteiger charge is -2.46. The molecule has 2 rings (SSSR count). The van der Waals surface area contributed by atoms with Crippen molar-refractivity contribution in [1.82, 2.24) is 4.90 Å². The van der Waals surface area contributed by atoms with Crippen LogP contribution in [0.15, 0.2) is 18.2 Å². The fraction of sp³-hybridized carbons (Fsp3) is 0.500. The smallest absolute Gasteiger partial charge is 0.311 e. The largest absolute Gasteiger partial charge is 0.487 e. The molecule has 1 aromatic rings. The lowest BCUT2D eigenvalue weighted by molar-refractivity contribution is -0.385. The molecule has 0 bridgehead atoms. The van der Waals surface area contributed by atoms with Gasteiger partial charge in [-0.2, -0.15) is 0 Å². The zero-order valence-electron chi connectivity index (χ0n) is 12.0. The SMILES string of the molecule is CCOc1c(C(=O)N2CC(O)(CC)C2)cccc1[N+](=O)[O-]. The summed E-state index contributed by atoms with van der Waals surface area (Å²) >= 11 is 0. The van der Waals surface area contributed by atoms with Gasteiger partial charge in [0.15, 0.2) is 0 Å². The van der Waals surface area contributed by atoms with Gasteiger partial charge in [-0.05, 0) is 19.4 Å². The number of hydrogen-bond donors (Lipinski definition) is 1. The summed E-state index contributed by atoms with van der Waals surface area (Å²) in [5, 5.41) is 21.0. The Hall–Kier alpha value is -2.15. The van der Waals surface area contributed by atoms with E-state index < -0.39 is 10.5 Å². The lowest BCUT2D eigenvalue weighted by atomic mass is 9.90. The number of nitrogens with zero attached hydrogens (tertiary/aromatic N) is 2. The molecule has 1 saturated heterocycles. The minimum atomic E-state index is -0.845. The van der Waals surface area contributed by atoms with Crippen molar-refractivity contribution < 1.29 is 19.6 Å². The highest BCUT2D eigenvalue weighted by molar-refractivity contribution is 5.98. The Morgan fingerprint density at radius 3 is 2.67 bits per heavy atom. The molecule has 0 spiro atoms. The highest BCUT2D eigenvalue weighted by atomic mass is 16.6. The van der Waals surface area contributed by atoms with Gasteiger partial charge in [-0.3, -0.25) is 14.9 Å². The van der Waals surface area contributed by atoms with Gasteiger partial charge in [0.25, 0.3) is 5.91 Å². The molecule has 1 amide bonds. The third-order valence-electron chi connectivity index (χ3n) is 3.63. The number of amides is 1. The summed E-state index contributed by atoms with van der Waals surface area (Å²) in [6, 6.07) is 4.27. The van der Waals surface area contributed by atoms with E-state index in [2.05, 4.69) is 0 Å². The zero-order chi connectivity index (χ0) is 15.6. The van der Waals surface area contributed by atoms with Crippen molar-refractivity contribution in [3.05, 3.63) is 33.9 Å². The number of carbonyl (C=O) groups is 1. The van der Waals surface area contributed by atoms with Crippen LogP contribution in [0, 0.1) is 10.1 Å². The predicted octanol–water partition coefficient (Wildman–Crippen LogP) is 1.59. The van der Waals surface area contributed by atoms with Crippen LogP contribution in [0.5, 0.6) is 5.75 Å². The van der Waals surface area contributed by atoms with Crippen LogP contribution >= 0.6 is 0 Å². The Bertz CT molecular complexity index is 566. The van der Waals surface area contributed by atoms with E-state index >= 15 is 0 Å². The molecule has 1 aromatic carbocycles. The molecule has 0 unspecified atom stereocenters. The number of nitro groups is 1. The van der Waals surface area contributed by atoms with E-state index in [4.69, 9.17) is 4.74 Å². The maximum Gasteiger partial charge on any atom is 0.311 e. The van der Waals surface area contributed by atoms with Crippen molar-refractivity contribution >= 4 is 11.6 Å². The number of ether oxygens (including phenoxy) is 1. The number of likely N-dealkylation sites (tertiary alicyclic amines) is 1. The summed E-state index contributed by atoms with van der Waals surface area (Å²) in [4.78, 5) is 24.3. The van der Waals surface area contributed by atoms with Crippen molar-refractivity contribution in [1.29, 1.82) is 0 Å². The Kier molecular flexibility index (Phi) is 4.13. The number of nitro benzene ring substituents is 1. The summed E-state index contributed by atoms with van der Waals surface area (Å²) in [6.45, 7) is 4.24. The van der Waals surface area contributed by atoms with Gasteiger partial charge in [-0.15, -0.1) is 0 Å². The molecule has 114 valence electrons. The molecule has 0 radical (unpaired) electrons. The van der Waals surface area contributed by atoms with Crippen LogP contribution in [0.4, 0.5) is 5.69 Å². The second kappa shape index (κ2) is 5.69. The van der Waals surface area contributed by atoms with E-state index in [0.29, 0.717) is 6.42 Å². The van der Waals surface area contributed by atoms with E-state index in [0.717, 1.165) is 0 Å². The van der Waals surface area contributed by atoms with Gasteiger partial charge < -0.3 is 14.7 Å². The first-order valence-electron chi connectivity index (χ1n) is 6.83. The van der Waals surface area contributed by atoms with E-state index in [1.807, 2.05) is 6.92 Å². The standard InChI is InChI=1S/C14H18N2O5/c1-3-14(18)8-15(9-14)13(17)10-6-5-7-11(16(19)20)12(10)21-4-2/h5-7,18H,3-4,8-9H2,1-2H3. The highest BCUT2D eigenvalue weighted by Gasteiger charge is 2.43. The Balaban J connectivity index is 2.29. The van der Waals surface area contributed by atoms with Gasteiger partial charge >= 0.3 is 5.69 Å². The van der Waals surface area contributed by atoms with E-state index in [1.165, 1.54) is 23.1 Å². The normalized spacial score (nSPS) is 16.2. The molecule has 0 atom stereocenters. The number of benzene rings is 1. The van der Waals surface area contributed by atoms with E-state index in [9.17, 15) is 20.0 Å². The Morgan fingerprint density at radius 2 is 2.14 bits per heavy atom. The van der Waals surface area contributed by atoms with Crippen LogP contribution in [0.1, 0.15) is 30.6 Å². The number of carbonyl (C=O) groups excluding carboxylic acids is 1. The van der Waals surface area contributed by atoms with Crippen LogP contribution in [0.3, 0.4) is 0 Å². The number of para-hydroxylation sites is 1. The summed E-state index contributed by atoms with van der Waals surface area (Å²) in [5.74, 6) is -0.373. The maximum absolute atomic E-state index is 12.4. The van der Waals surface area contributed by atoms with Gasteiger partial charge in [-0.25, -0.2) is 0 Å². The first-order valence-corrected chi connectivity index (χ1v) is 6.83. The topological polar surface area (TPSA) is 92.9 Å². The van der Waals surface area contributed by atoms with Gasteiger partial charge in [-0.1, -0.05) is 13.0 Å². The molecule has 7 heteroatoms. The fourth-order valence-electron chi connectivity index (χ4n) is 2.33. The van der Waals surface area contributed by atoms with Crippen molar-refractivity contribution in [3.8, 4) is 5.75 Å². The van der Waals surface area contributed by atoms with Crippen LogP contribution in [0.25, 0.3) is 0 Å². The predicted molar refractivity (Wildman–Crippen MR) is 75.4 cm³/mol. The third kappa shape index (κ3) is 2.82. The van der Waals surface area contributed by atoms with Gasteiger partial charge in [0.1, 0.15) is 0 Å². The molecule has 0 aliphatic carbocycles. The lowest BCUT2D eigenvalue weighted by Crippen LogP contribution is -2.63. The van der Waals surface area contributed by atoms with E-state index in [-0.39, 0.29) is 42.6 Å². The van der Waals surface area contributed by atoms with Gasteiger partial charge in [0.2, 0.25) is 5.75 Å². The number of hydrogen-bond acceptors (Lipinski definition) is 5. The van der Waals surface area contributed by atoms with Gasteiger partial charge in [0.05, 0.1) is 35.8 Å². The van der Waals surface area contributed by atoms with Crippen molar-refractivity contribution in [2.45, 2.75) is 25.9 Å². The third-order valence-corrected chi connectivity index (χ3v) is 3.63. The Morgan fingerprint density at radius 1 is 1.48 bits per heavy atom. The molecule has 0 saturated carbocycles. The van der Waals surface area contributed by atoms with Crippen molar-refractivity contribution in [2.24, 2.45) is 0 Å². The molecule has 1 N–H and O–H groups in total. The summed E-state index contributed by atoms with van der Waals surface area (Å²) in [6.07, 6.45) is 0.560. The van der Waals surface area contributed by atoms with Gasteiger partial charge in [0, 0.05) is 6.07 Å². The first kappa shape index (κ1) is 15.2. The molecule has 1 fully saturated rings. The molecule has 1 heterocycles. The first-order chi connectivity index (χ1) is 9.91. The fourth-order valence-corrected chi connectivity index (χ4v) is 2.33. The number of rotatable bonds is 5. The second-order valence-corrected chi connectivity index (χ2v) is 5.08. The molecular weight excluding hydrogens is 276 g/mol. The van der Waals surface area contributed by atoms with Crippen molar-refractivity contribution in [2.75, 3.05) is 19.7 Å². The maximum atomic E-state index is 12.4. The summed E-state index contributed by atoms with van der Waals surface area (Å²) in [7, 11) is 0. The van der Waals surface area contributed by atoms with Crippen LogP contribution in [0.2, 0.25) is 0 Å². The van der Waals surface area contributed by atoms with Crippen molar-refractivity contribution in [3.63, 3.8) is 0 Å². The van der Waals surface area contributed by atoms with Crippen LogP contribution < -0.4 is 4.74 Å². The highest BCUT2D eigenvalue weighted by Crippen LogP contribution is 2.34. The zero-order valence-corrected chi connectivity index (χ0v) is 12.0. The van der Waals surface area contributed by atoms with Crippen LogP contribution in [-0.2, 0) is 0 Å². The Labute approximate surface area is 122 Å². The molecule has 0 aromatic heterocycles. The second-order valence-electron chi connectivity index (χ2n) is 5.08. The number of β-amino-alcohol motifs (C(OH)–C–C–N with tert-alkyl or cyclic N) is 1. The van der Waals surface area contributed by atoms with E-state index in [1.54, 1.807) is 6.92 Å². The molecule has 21 heavy (non-hydrogen) atoms. The quantitative estimate of drug-likeness (QED) is 0.657. The average Bonchev–Trinajstić information content (AvgIpc) is 2.43. The minimum Gasteiger partial charge on any atom is -0.487 e. The number of aliphatic hydroxyl groups is 1. The van der Waals surface area contributed by atoms with Crippen LogP contribution in [-0.4, -0.2) is 46.1 Å². The molecule has 1 aliphatic rings.